The summed E-state index contributed by atoms with van der Waals surface area (Å²) in [5, 5.41) is 3.28. The predicted octanol–water partition coefficient (Wildman–Crippen LogP) is 4.84. The minimum absolute atomic E-state index is 0. The largest absolute Gasteiger partial charge is 0.460 e. The zero-order chi connectivity index (χ0) is 15.2. The number of benzene rings is 2. The first-order valence-electron chi connectivity index (χ1n) is 7.41. The van der Waals surface area contributed by atoms with Crippen molar-refractivity contribution in [1.29, 1.82) is 0 Å². The van der Waals surface area contributed by atoms with Gasteiger partial charge in [0.1, 0.15) is 17.3 Å². The summed E-state index contributed by atoms with van der Waals surface area (Å²) in [4.78, 5) is 0. The van der Waals surface area contributed by atoms with Crippen molar-refractivity contribution in [3.63, 3.8) is 0 Å². The third-order valence-electron chi connectivity index (χ3n) is 3.55. The van der Waals surface area contributed by atoms with Gasteiger partial charge in [-0.25, -0.2) is 4.39 Å². The Morgan fingerprint density at radius 2 is 1.61 bits per heavy atom. The van der Waals surface area contributed by atoms with Crippen LogP contribution in [0, 0.1) is 5.82 Å². The highest BCUT2D eigenvalue weighted by molar-refractivity contribution is 5.85. The zero-order valence-corrected chi connectivity index (χ0v) is 13.5. The number of hydrogen-bond acceptors (Lipinski definition) is 2. The molecule has 0 radical (unpaired) electrons. The number of furan rings is 1. The molecule has 23 heavy (non-hydrogen) atoms. The highest BCUT2D eigenvalue weighted by Gasteiger charge is 2.04. The molecular weight excluding hydrogens is 313 g/mol. The van der Waals surface area contributed by atoms with E-state index in [1.54, 1.807) is 6.07 Å². The maximum absolute atomic E-state index is 13.5. The first-order chi connectivity index (χ1) is 10.8. The summed E-state index contributed by atoms with van der Waals surface area (Å²) in [5.74, 6) is 1.60. The molecule has 120 valence electrons. The summed E-state index contributed by atoms with van der Waals surface area (Å²) in [6.45, 7) is 1.35. The van der Waals surface area contributed by atoms with Gasteiger partial charge in [0.15, 0.2) is 0 Å². The maximum atomic E-state index is 13.5. The van der Waals surface area contributed by atoms with E-state index in [1.165, 1.54) is 6.07 Å². The van der Waals surface area contributed by atoms with Gasteiger partial charge in [-0.3, -0.25) is 0 Å². The van der Waals surface area contributed by atoms with Crippen molar-refractivity contribution in [3.8, 4) is 11.3 Å². The molecule has 0 fully saturated rings. The van der Waals surface area contributed by atoms with E-state index < -0.39 is 0 Å². The third kappa shape index (κ3) is 4.68. The Morgan fingerprint density at radius 3 is 2.39 bits per heavy atom. The lowest BCUT2D eigenvalue weighted by Crippen LogP contribution is -2.16. The van der Waals surface area contributed by atoms with Crippen LogP contribution in [0.5, 0.6) is 0 Å². The molecule has 0 atom stereocenters. The van der Waals surface area contributed by atoms with Crippen LogP contribution in [0.4, 0.5) is 4.39 Å². The van der Waals surface area contributed by atoms with Crippen LogP contribution in [0.3, 0.4) is 0 Å². The predicted molar refractivity (Wildman–Crippen MR) is 93.2 cm³/mol. The van der Waals surface area contributed by atoms with Gasteiger partial charge in [-0.1, -0.05) is 48.5 Å². The zero-order valence-electron chi connectivity index (χ0n) is 12.7. The SMILES string of the molecule is Cl.Fc1ccccc1CCNCc1ccc(-c2ccccc2)o1. The molecule has 1 N–H and O–H groups in total. The van der Waals surface area contributed by atoms with Crippen molar-refractivity contribution in [2.75, 3.05) is 6.54 Å². The molecule has 0 aliphatic carbocycles. The molecule has 1 aromatic heterocycles. The van der Waals surface area contributed by atoms with Gasteiger partial charge in [0.05, 0.1) is 6.54 Å². The fraction of sp³-hybridized carbons (Fsp3) is 0.158. The van der Waals surface area contributed by atoms with Crippen molar-refractivity contribution in [2.24, 2.45) is 0 Å². The molecule has 0 saturated heterocycles. The van der Waals surface area contributed by atoms with E-state index >= 15 is 0 Å². The standard InChI is InChI=1S/C19H18FNO.ClH/c20-18-9-5-4-6-15(18)12-13-21-14-17-10-11-19(22-17)16-7-2-1-3-8-16;/h1-11,21H,12-14H2;1H. The summed E-state index contributed by atoms with van der Waals surface area (Å²) < 4.78 is 19.3. The van der Waals surface area contributed by atoms with Crippen LogP contribution in [0.2, 0.25) is 0 Å². The van der Waals surface area contributed by atoms with Gasteiger partial charge in [0.2, 0.25) is 0 Å². The van der Waals surface area contributed by atoms with Gasteiger partial charge in [0, 0.05) is 5.56 Å². The normalized spacial score (nSPS) is 10.3. The summed E-state index contributed by atoms with van der Waals surface area (Å²) in [7, 11) is 0. The van der Waals surface area contributed by atoms with Crippen LogP contribution in [0.1, 0.15) is 11.3 Å². The number of hydrogen-bond donors (Lipinski definition) is 1. The molecule has 0 bridgehead atoms. The van der Waals surface area contributed by atoms with Crippen LogP contribution in [0.25, 0.3) is 11.3 Å². The lowest BCUT2D eigenvalue weighted by Gasteiger charge is -2.04. The van der Waals surface area contributed by atoms with E-state index in [1.807, 2.05) is 54.6 Å². The molecule has 1 heterocycles. The highest BCUT2D eigenvalue weighted by Crippen LogP contribution is 2.21. The molecule has 0 saturated carbocycles. The molecule has 3 aromatic rings. The number of halogens is 2. The molecule has 2 nitrogen and oxygen atoms in total. The molecule has 4 heteroatoms. The minimum Gasteiger partial charge on any atom is -0.460 e. The summed E-state index contributed by atoms with van der Waals surface area (Å²) in [5.41, 5.74) is 1.81. The van der Waals surface area contributed by atoms with Crippen LogP contribution >= 0.6 is 12.4 Å². The fourth-order valence-corrected chi connectivity index (χ4v) is 2.37. The van der Waals surface area contributed by atoms with Crippen LogP contribution < -0.4 is 5.32 Å². The maximum Gasteiger partial charge on any atom is 0.134 e. The lowest BCUT2D eigenvalue weighted by atomic mass is 10.1. The van der Waals surface area contributed by atoms with Crippen molar-refractivity contribution in [3.05, 3.63) is 83.9 Å². The molecule has 0 spiro atoms. The van der Waals surface area contributed by atoms with E-state index in [0.717, 1.165) is 22.6 Å². The third-order valence-corrected chi connectivity index (χ3v) is 3.55. The van der Waals surface area contributed by atoms with E-state index in [9.17, 15) is 4.39 Å². The van der Waals surface area contributed by atoms with Crippen LogP contribution in [-0.2, 0) is 13.0 Å². The summed E-state index contributed by atoms with van der Waals surface area (Å²) >= 11 is 0. The topological polar surface area (TPSA) is 25.2 Å². The Morgan fingerprint density at radius 1 is 0.870 bits per heavy atom. The van der Waals surface area contributed by atoms with E-state index in [2.05, 4.69) is 5.32 Å². The molecule has 0 aliphatic rings. The van der Waals surface area contributed by atoms with Crippen molar-refractivity contribution >= 4 is 12.4 Å². The average molecular weight is 332 g/mol. The molecule has 0 amide bonds. The van der Waals surface area contributed by atoms with Gasteiger partial charge in [-0.15, -0.1) is 12.4 Å². The average Bonchev–Trinajstić information content (AvgIpc) is 3.03. The Balaban J connectivity index is 0.00000192. The van der Waals surface area contributed by atoms with Crippen molar-refractivity contribution in [1.82, 2.24) is 5.32 Å². The Hall–Kier alpha value is -2.10. The fourth-order valence-electron chi connectivity index (χ4n) is 2.37. The second-order valence-corrected chi connectivity index (χ2v) is 5.15. The van der Waals surface area contributed by atoms with Crippen molar-refractivity contribution in [2.45, 2.75) is 13.0 Å². The highest BCUT2D eigenvalue weighted by atomic mass is 35.5. The van der Waals surface area contributed by atoms with E-state index in [4.69, 9.17) is 4.42 Å². The number of rotatable bonds is 6. The van der Waals surface area contributed by atoms with E-state index in [0.29, 0.717) is 19.5 Å². The smallest absolute Gasteiger partial charge is 0.134 e. The van der Waals surface area contributed by atoms with Gasteiger partial charge in [-0.05, 0) is 36.7 Å². The van der Waals surface area contributed by atoms with Crippen LogP contribution in [0.15, 0.2) is 71.1 Å². The Bertz CT molecular complexity index is 727. The lowest BCUT2D eigenvalue weighted by molar-refractivity contribution is 0.493. The van der Waals surface area contributed by atoms with Gasteiger partial charge >= 0.3 is 0 Å². The quantitative estimate of drug-likeness (QED) is 0.654. The Kier molecular flexibility index (Phi) is 6.39. The molecule has 0 aliphatic heterocycles. The van der Waals surface area contributed by atoms with Gasteiger partial charge < -0.3 is 9.73 Å². The molecule has 3 rings (SSSR count). The van der Waals surface area contributed by atoms with Gasteiger partial charge in [0.25, 0.3) is 0 Å². The monoisotopic (exact) mass is 331 g/mol. The van der Waals surface area contributed by atoms with Gasteiger partial charge in [-0.2, -0.15) is 0 Å². The number of nitrogens with one attached hydrogen (secondary N) is 1. The van der Waals surface area contributed by atoms with Crippen LogP contribution in [-0.4, -0.2) is 6.54 Å². The minimum atomic E-state index is -0.145. The second-order valence-electron chi connectivity index (χ2n) is 5.15. The summed E-state index contributed by atoms with van der Waals surface area (Å²) in [6, 6.07) is 20.8. The molecule has 2 aromatic carbocycles. The second kappa shape index (κ2) is 8.51. The first-order valence-corrected chi connectivity index (χ1v) is 7.41. The summed E-state index contributed by atoms with van der Waals surface area (Å²) in [6.07, 6.45) is 0.666. The molecular formula is C19H19ClFNO. The van der Waals surface area contributed by atoms with Crippen molar-refractivity contribution < 1.29 is 8.81 Å². The first kappa shape index (κ1) is 17.3. The molecule has 0 unspecified atom stereocenters. The Labute approximate surface area is 141 Å². The van der Waals surface area contributed by atoms with E-state index in [-0.39, 0.29) is 18.2 Å².